The molecule has 0 aliphatic heterocycles. The summed E-state index contributed by atoms with van der Waals surface area (Å²) in [6.07, 6.45) is 0. The summed E-state index contributed by atoms with van der Waals surface area (Å²) in [6, 6.07) is 18.5. The van der Waals surface area contributed by atoms with Crippen molar-refractivity contribution in [1.29, 1.82) is 0 Å². The number of aromatic nitrogens is 3. The molecule has 1 N–H and O–H groups in total. The van der Waals surface area contributed by atoms with E-state index in [1.807, 2.05) is 36.4 Å². The van der Waals surface area contributed by atoms with Crippen LogP contribution in [-0.2, 0) is 0 Å². The first-order valence-electron chi connectivity index (χ1n) is 7.77. The molecule has 0 atom stereocenters. The van der Waals surface area contributed by atoms with E-state index < -0.39 is 0 Å². The van der Waals surface area contributed by atoms with E-state index in [1.54, 1.807) is 31.2 Å². The molecular formula is C19H14N4O2. The van der Waals surface area contributed by atoms with E-state index >= 15 is 0 Å². The average Bonchev–Trinajstić information content (AvgIpc) is 3.08. The van der Waals surface area contributed by atoms with Gasteiger partial charge in [0.25, 0.3) is 5.91 Å². The number of para-hydroxylation sites is 1. The number of hydrogen-bond acceptors (Lipinski definition) is 5. The summed E-state index contributed by atoms with van der Waals surface area (Å²) < 4.78 is 5.40. The molecule has 0 aliphatic carbocycles. The number of hydrogen-bond donors (Lipinski definition) is 1. The molecule has 0 spiro atoms. The van der Waals surface area contributed by atoms with Crippen LogP contribution in [-0.4, -0.2) is 21.1 Å². The lowest BCUT2D eigenvalue weighted by Gasteiger charge is -2.06. The smallest absolute Gasteiger partial charge is 0.256 e. The van der Waals surface area contributed by atoms with Crippen LogP contribution in [0.1, 0.15) is 16.2 Å². The minimum Gasteiger partial charge on any atom is -0.421 e. The maximum Gasteiger partial charge on any atom is 0.256 e. The molecular weight excluding hydrogens is 316 g/mol. The zero-order valence-corrected chi connectivity index (χ0v) is 13.4. The number of carbonyl (C=O) groups excluding carboxylic acids is 1. The van der Waals surface area contributed by atoms with Gasteiger partial charge in [-0.05, 0) is 36.4 Å². The summed E-state index contributed by atoms with van der Waals surface area (Å²) in [5, 5.41) is 11.6. The van der Waals surface area contributed by atoms with Crippen LogP contribution in [0.15, 0.2) is 65.1 Å². The molecule has 6 nitrogen and oxygen atoms in total. The Morgan fingerprint density at radius 3 is 2.72 bits per heavy atom. The molecule has 0 aliphatic rings. The number of amides is 1. The Kier molecular flexibility index (Phi) is 3.70. The zero-order chi connectivity index (χ0) is 17.2. The second-order valence-electron chi connectivity index (χ2n) is 5.55. The Hall–Kier alpha value is -3.54. The predicted octanol–water partition coefficient (Wildman–Crippen LogP) is 3.85. The van der Waals surface area contributed by atoms with E-state index in [2.05, 4.69) is 20.5 Å². The van der Waals surface area contributed by atoms with Gasteiger partial charge < -0.3 is 9.73 Å². The van der Waals surface area contributed by atoms with Gasteiger partial charge in [-0.2, -0.15) is 0 Å². The zero-order valence-electron chi connectivity index (χ0n) is 13.4. The molecule has 0 saturated heterocycles. The molecule has 2 heterocycles. The van der Waals surface area contributed by atoms with E-state index in [9.17, 15) is 4.79 Å². The van der Waals surface area contributed by atoms with E-state index in [1.165, 1.54) is 0 Å². The van der Waals surface area contributed by atoms with Gasteiger partial charge in [-0.3, -0.25) is 4.79 Å². The molecule has 2 aromatic heterocycles. The Balaban J connectivity index is 1.60. The van der Waals surface area contributed by atoms with Gasteiger partial charge in [-0.15, -0.1) is 10.2 Å². The van der Waals surface area contributed by atoms with Gasteiger partial charge in [0, 0.05) is 23.4 Å². The summed E-state index contributed by atoms with van der Waals surface area (Å²) in [7, 11) is 0. The highest BCUT2D eigenvalue weighted by Crippen LogP contribution is 2.20. The van der Waals surface area contributed by atoms with Crippen molar-refractivity contribution in [2.24, 2.45) is 0 Å². The maximum atomic E-state index is 12.5. The van der Waals surface area contributed by atoms with Crippen LogP contribution >= 0.6 is 0 Å². The third-order valence-electron chi connectivity index (χ3n) is 3.74. The molecule has 0 radical (unpaired) electrons. The van der Waals surface area contributed by atoms with Crippen molar-refractivity contribution in [2.75, 3.05) is 5.32 Å². The van der Waals surface area contributed by atoms with Crippen molar-refractivity contribution >= 4 is 22.6 Å². The fourth-order valence-electron chi connectivity index (χ4n) is 2.53. The predicted molar refractivity (Wildman–Crippen MR) is 94.2 cm³/mol. The molecule has 1 amide bonds. The third-order valence-corrected chi connectivity index (χ3v) is 3.74. The molecule has 2 aromatic carbocycles. The quantitative estimate of drug-likeness (QED) is 0.617. The molecule has 0 bridgehead atoms. The van der Waals surface area contributed by atoms with Crippen molar-refractivity contribution in [3.05, 3.63) is 72.1 Å². The summed E-state index contributed by atoms with van der Waals surface area (Å²) in [6.45, 7) is 1.72. The lowest BCUT2D eigenvalue weighted by atomic mass is 10.1. The third kappa shape index (κ3) is 3.10. The van der Waals surface area contributed by atoms with E-state index in [-0.39, 0.29) is 5.91 Å². The monoisotopic (exact) mass is 330 g/mol. The number of nitrogens with one attached hydrogen (secondary N) is 1. The second-order valence-corrected chi connectivity index (χ2v) is 5.55. The summed E-state index contributed by atoms with van der Waals surface area (Å²) in [5.41, 5.74) is 2.01. The van der Waals surface area contributed by atoms with Gasteiger partial charge in [-0.25, -0.2) is 4.98 Å². The number of carbonyl (C=O) groups is 1. The standard InChI is InChI=1S/C19H14N4O2/c1-12-22-23-19(25-12)15-7-4-6-14(11-15)18(24)21-17-10-9-13-5-2-3-8-16(13)20-17/h2-11H,1H3,(H,20,21,24). The maximum absolute atomic E-state index is 12.5. The van der Waals surface area contributed by atoms with Gasteiger partial charge in [0.1, 0.15) is 5.82 Å². The highest BCUT2D eigenvalue weighted by atomic mass is 16.4. The first kappa shape index (κ1) is 15.0. The fourth-order valence-corrected chi connectivity index (χ4v) is 2.53. The summed E-state index contributed by atoms with van der Waals surface area (Å²) in [4.78, 5) is 17.0. The Bertz CT molecular complexity index is 1070. The van der Waals surface area contributed by atoms with E-state index in [0.29, 0.717) is 28.7 Å². The lowest BCUT2D eigenvalue weighted by Crippen LogP contribution is -2.13. The number of benzene rings is 2. The van der Waals surface area contributed by atoms with Gasteiger partial charge >= 0.3 is 0 Å². The molecule has 0 unspecified atom stereocenters. The molecule has 0 fully saturated rings. The van der Waals surface area contributed by atoms with Crippen LogP contribution in [0.5, 0.6) is 0 Å². The van der Waals surface area contributed by atoms with Crippen molar-refractivity contribution in [1.82, 2.24) is 15.2 Å². The van der Waals surface area contributed by atoms with Gasteiger partial charge in [0.15, 0.2) is 0 Å². The van der Waals surface area contributed by atoms with Gasteiger partial charge in [-0.1, -0.05) is 24.3 Å². The number of fused-ring (bicyclic) bond motifs is 1. The van der Waals surface area contributed by atoms with E-state index in [4.69, 9.17) is 4.42 Å². The van der Waals surface area contributed by atoms with Crippen LogP contribution < -0.4 is 5.32 Å². The number of rotatable bonds is 3. The van der Waals surface area contributed by atoms with Crippen molar-refractivity contribution in [3.63, 3.8) is 0 Å². The summed E-state index contributed by atoms with van der Waals surface area (Å²) >= 11 is 0. The van der Waals surface area contributed by atoms with E-state index in [0.717, 1.165) is 10.9 Å². The first-order valence-corrected chi connectivity index (χ1v) is 7.77. The van der Waals surface area contributed by atoms with Crippen molar-refractivity contribution < 1.29 is 9.21 Å². The fraction of sp³-hybridized carbons (Fsp3) is 0.0526. The molecule has 4 rings (SSSR count). The number of pyridine rings is 1. The van der Waals surface area contributed by atoms with Crippen LogP contribution in [0.25, 0.3) is 22.4 Å². The Morgan fingerprint density at radius 1 is 1.00 bits per heavy atom. The van der Waals surface area contributed by atoms with Crippen LogP contribution in [0, 0.1) is 6.92 Å². The highest BCUT2D eigenvalue weighted by Gasteiger charge is 2.11. The molecule has 25 heavy (non-hydrogen) atoms. The normalized spacial score (nSPS) is 10.8. The van der Waals surface area contributed by atoms with Gasteiger partial charge in [0.2, 0.25) is 11.8 Å². The average molecular weight is 330 g/mol. The largest absolute Gasteiger partial charge is 0.421 e. The lowest BCUT2D eigenvalue weighted by molar-refractivity contribution is 0.102. The molecule has 122 valence electrons. The molecule has 4 aromatic rings. The second kappa shape index (κ2) is 6.16. The number of nitrogens with zero attached hydrogens (tertiary/aromatic N) is 3. The van der Waals surface area contributed by atoms with Crippen molar-refractivity contribution in [3.8, 4) is 11.5 Å². The minimum atomic E-state index is -0.249. The molecule has 0 saturated carbocycles. The SMILES string of the molecule is Cc1nnc(-c2cccc(C(=O)Nc3ccc4ccccc4n3)c2)o1. The Labute approximate surface area is 143 Å². The highest BCUT2D eigenvalue weighted by molar-refractivity contribution is 6.04. The van der Waals surface area contributed by atoms with Crippen LogP contribution in [0.3, 0.4) is 0 Å². The van der Waals surface area contributed by atoms with Gasteiger partial charge in [0.05, 0.1) is 5.52 Å². The van der Waals surface area contributed by atoms with Crippen molar-refractivity contribution in [2.45, 2.75) is 6.92 Å². The van der Waals surface area contributed by atoms with Crippen LogP contribution in [0.2, 0.25) is 0 Å². The molecule has 6 heteroatoms. The first-order chi connectivity index (χ1) is 12.2. The number of anilines is 1. The Morgan fingerprint density at radius 2 is 1.88 bits per heavy atom. The van der Waals surface area contributed by atoms with Crippen LogP contribution in [0.4, 0.5) is 5.82 Å². The number of aryl methyl sites for hydroxylation is 1. The minimum absolute atomic E-state index is 0.249. The topological polar surface area (TPSA) is 80.9 Å². The summed E-state index contributed by atoms with van der Waals surface area (Å²) in [5.74, 6) is 1.12.